The lowest BCUT2D eigenvalue weighted by molar-refractivity contribution is -0.115. The van der Waals surface area contributed by atoms with Gasteiger partial charge in [0.2, 0.25) is 0 Å². The van der Waals surface area contributed by atoms with E-state index < -0.39 is 0 Å². The van der Waals surface area contributed by atoms with Crippen LogP contribution in [0, 0.1) is 11.8 Å². The molecule has 0 aliphatic rings. The Bertz CT molecular complexity index is 164. The average molecular weight is 140 g/mol. The Morgan fingerprint density at radius 3 is 2.60 bits per heavy atom. The zero-order chi connectivity index (χ0) is 7.98. The Kier molecular flexibility index (Phi) is 4.34. The highest BCUT2D eigenvalue weighted by Gasteiger charge is 1.85. The minimum Gasteiger partial charge on any atom is -0.348 e. The zero-order valence-electron chi connectivity index (χ0n) is 6.56. The molecule has 0 unspecified atom stereocenters. The van der Waals surface area contributed by atoms with Gasteiger partial charge in [-0.25, -0.2) is 0 Å². The molecular weight excluding hydrogens is 128 g/mol. The molecule has 0 aliphatic carbocycles. The molecular formula is C7H12N2O. The van der Waals surface area contributed by atoms with Crippen LogP contribution in [0.5, 0.6) is 0 Å². The Balaban J connectivity index is 3.59. The number of hydrogen-bond acceptors (Lipinski definition) is 2. The van der Waals surface area contributed by atoms with E-state index in [1.165, 1.54) is 0 Å². The summed E-state index contributed by atoms with van der Waals surface area (Å²) >= 11 is 0. The molecule has 3 nitrogen and oxygen atoms in total. The third-order valence-corrected chi connectivity index (χ3v) is 0.824. The minimum absolute atomic E-state index is 0.234. The molecule has 0 aliphatic heterocycles. The van der Waals surface area contributed by atoms with Gasteiger partial charge in [0, 0.05) is 7.05 Å². The maximum atomic E-state index is 10.5. The fourth-order valence-corrected chi connectivity index (χ4v) is 0.340. The zero-order valence-corrected chi connectivity index (χ0v) is 6.56. The maximum Gasteiger partial charge on any atom is 0.295 e. The molecule has 0 radical (unpaired) electrons. The number of carbonyl (C=O) groups excluding carboxylic acids is 1. The van der Waals surface area contributed by atoms with Gasteiger partial charge < -0.3 is 5.32 Å². The fraction of sp³-hybridized carbons (Fsp3) is 0.571. The van der Waals surface area contributed by atoms with Gasteiger partial charge in [0.05, 0.1) is 6.54 Å². The molecule has 0 aromatic carbocycles. The first-order valence-electron chi connectivity index (χ1n) is 3.02. The molecule has 56 valence electrons. The van der Waals surface area contributed by atoms with Gasteiger partial charge in [0.25, 0.3) is 5.91 Å². The monoisotopic (exact) mass is 140 g/mol. The van der Waals surface area contributed by atoms with Crippen LogP contribution in [0.3, 0.4) is 0 Å². The van der Waals surface area contributed by atoms with Crippen molar-refractivity contribution in [3.8, 4) is 11.8 Å². The predicted molar refractivity (Wildman–Crippen MR) is 40.4 cm³/mol. The first-order chi connectivity index (χ1) is 4.66. The molecule has 0 fully saturated rings. The molecule has 0 spiro atoms. The van der Waals surface area contributed by atoms with Crippen molar-refractivity contribution in [3.05, 3.63) is 0 Å². The quantitative estimate of drug-likeness (QED) is 0.488. The van der Waals surface area contributed by atoms with Crippen molar-refractivity contribution in [2.45, 2.75) is 0 Å². The van der Waals surface area contributed by atoms with Crippen molar-refractivity contribution in [1.82, 2.24) is 10.2 Å². The summed E-state index contributed by atoms with van der Waals surface area (Å²) < 4.78 is 0. The second kappa shape index (κ2) is 4.83. The summed E-state index contributed by atoms with van der Waals surface area (Å²) in [5.74, 6) is 4.89. The van der Waals surface area contributed by atoms with Gasteiger partial charge in [-0.15, -0.1) is 0 Å². The number of rotatable bonds is 1. The largest absolute Gasteiger partial charge is 0.348 e. The molecule has 0 heterocycles. The number of amides is 1. The lowest BCUT2D eigenvalue weighted by atomic mass is 10.5. The van der Waals surface area contributed by atoms with Crippen LogP contribution < -0.4 is 5.32 Å². The van der Waals surface area contributed by atoms with Crippen molar-refractivity contribution in [3.63, 3.8) is 0 Å². The summed E-state index contributed by atoms with van der Waals surface area (Å²) in [5.41, 5.74) is 0. The van der Waals surface area contributed by atoms with Gasteiger partial charge in [-0.05, 0) is 20.0 Å². The van der Waals surface area contributed by atoms with E-state index in [4.69, 9.17) is 0 Å². The molecule has 1 N–H and O–H groups in total. The normalized spacial score (nSPS) is 8.40. The SMILES string of the molecule is CNC(=O)C#CCN(C)C. The molecule has 0 bridgehead atoms. The molecule has 1 amide bonds. The van der Waals surface area contributed by atoms with Crippen molar-refractivity contribution in [2.75, 3.05) is 27.7 Å². The highest BCUT2D eigenvalue weighted by molar-refractivity contribution is 5.93. The molecule has 0 saturated heterocycles. The third kappa shape index (κ3) is 5.13. The topological polar surface area (TPSA) is 32.3 Å². The number of nitrogens with zero attached hydrogens (tertiary/aromatic N) is 1. The molecule has 0 saturated carbocycles. The van der Waals surface area contributed by atoms with Crippen LogP contribution in [-0.2, 0) is 4.79 Å². The second-order valence-electron chi connectivity index (χ2n) is 2.12. The Morgan fingerprint density at radius 1 is 1.60 bits per heavy atom. The van der Waals surface area contributed by atoms with Crippen molar-refractivity contribution in [1.29, 1.82) is 0 Å². The van der Waals surface area contributed by atoms with Gasteiger partial charge in [-0.1, -0.05) is 5.92 Å². The van der Waals surface area contributed by atoms with Crippen LogP contribution in [0.25, 0.3) is 0 Å². The van der Waals surface area contributed by atoms with Crippen molar-refractivity contribution < 1.29 is 4.79 Å². The van der Waals surface area contributed by atoms with Gasteiger partial charge in [-0.3, -0.25) is 9.69 Å². The molecule has 0 aromatic rings. The summed E-state index contributed by atoms with van der Waals surface area (Å²) in [6.07, 6.45) is 0. The highest BCUT2D eigenvalue weighted by atomic mass is 16.1. The van der Waals surface area contributed by atoms with E-state index in [-0.39, 0.29) is 5.91 Å². The standard InChI is InChI=1S/C7H12N2O/c1-8-7(10)5-4-6-9(2)3/h6H2,1-3H3,(H,8,10). The first kappa shape index (κ1) is 8.99. The van der Waals surface area contributed by atoms with Crippen LogP contribution in [0.4, 0.5) is 0 Å². The number of carbonyl (C=O) groups is 1. The van der Waals surface area contributed by atoms with Crippen LogP contribution in [0.1, 0.15) is 0 Å². The van der Waals surface area contributed by atoms with Crippen LogP contribution >= 0.6 is 0 Å². The number of nitrogens with one attached hydrogen (secondary N) is 1. The van der Waals surface area contributed by atoms with E-state index in [0.29, 0.717) is 6.54 Å². The van der Waals surface area contributed by atoms with Crippen LogP contribution in [0.2, 0.25) is 0 Å². The van der Waals surface area contributed by atoms with Gasteiger partial charge in [-0.2, -0.15) is 0 Å². The highest BCUT2D eigenvalue weighted by Crippen LogP contribution is 1.68. The Morgan fingerprint density at radius 2 is 2.20 bits per heavy atom. The maximum absolute atomic E-state index is 10.5. The Labute approximate surface area is 61.4 Å². The average Bonchev–Trinajstić information content (AvgIpc) is 1.87. The molecule has 0 aromatic heterocycles. The van der Waals surface area contributed by atoms with Crippen molar-refractivity contribution in [2.24, 2.45) is 0 Å². The predicted octanol–water partition coefficient (Wildman–Crippen LogP) is -0.703. The van der Waals surface area contributed by atoms with E-state index in [2.05, 4.69) is 17.2 Å². The van der Waals surface area contributed by atoms with E-state index in [1.54, 1.807) is 7.05 Å². The molecule has 3 heteroatoms. The summed E-state index contributed by atoms with van der Waals surface area (Å²) in [6, 6.07) is 0. The minimum atomic E-state index is -0.234. The van der Waals surface area contributed by atoms with E-state index in [1.807, 2.05) is 19.0 Å². The van der Waals surface area contributed by atoms with Crippen LogP contribution in [0.15, 0.2) is 0 Å². The fourth-order valence-electron chi connectivity index (χ4n) is 0.340. The smallest absolute Gasteiger partial charge is 0.295 e. The Hall–Kier alpha value is -1.01. The van der Waals surface area contributed by atoms with Gasteiger partial charge >= 0.3 is 0 Å². The molecule has 10 heavy (non-hydrogen) atoms. The number of hydrogen-bond donors (Lipinski definition) is 1. The lowest BCUT2D eigenvalue weighted by Gasteiger charge is -2.00. The van der Waals surface area contributed by atoms with E-state index in [0.717, 1.165) is 0 Å². The summed E-state index contributed by atoms with van der Waals surface area (Å²) in [5, 5.41) is 2.41. The van der Waals surface area contributed by atoms with Crippen molar-refractivity contribution >= 4 is 5.91 Å². The molecule has 0 rings (SSSR count). The third-order valence-electron chi connectivity index (χ3n) is 0.824. The van der Waals surface area contributed by atoms with E-state index >= 15 is 0 Å². The van der Waals surface area contributed by atoms with E-state index in [9.17, 15) is 4.79 Å². The summed E-state index contributed by atoms with van der Waals surface area (Å²) in [6.45, 7) is 0.618. The first-order valence-corrected chi connectivity index (χ1v) is 3.02. The van der Waals surface area contributed by atoms with Gasteiger partial charge in [0.15, 0.2) is 0 Å². The summed E-state index contributed by atoms with van der Waals surface area (Å²) in [7, 11) is 5.36. The lowest BCUT2D eigenvalue weighted by Crippen LogP contribution is -2.16. The second-order valence-corrected chi connectivity index (χ2v) is 2.12. The summed E-state index contributed by atoms with van der Waals surface area (Å²) in [4.78, 5) is 12.4. The molecule has 0 atom stereocenters. The van der Waals surface area contributed by atoms with Crippen LogP contribution in [-0.4, -0.2) is 38.5 Å². The van der Waals surface area contributed by atoms with Gasteiger partial charge in [0.1, 0.15) is 0 Å².